The van der Waals surface area contributed by atoms with Crippen molar-refractivity contribution >= 4 is 17.7 Å². The van der Waals surface area contributed by atoms with Crippen molar-refractivity contribution in [1.29, 1.82) is 0 Å². The fraction of sp³-hybridized carbons (Fsp3) is 0.500. The molecule has 0 saturated heterocycles. The van der Waals surface area contributed by atoms with Gasteiger partial charge in [-0.1, -0.05) is 30.3 Å². The Morgan fingerprint density at radius 2 is 2.11 bits per heavy atom. The van der Waals surface area contributed by atoms with Gasteiger partial charge in [-0.2, -0.15) is 0 Å². The van der Waals surface area contributed by atoms with Crippen LogP contribution in [0, 0.1) is 0 Å². The van der Waals surface area contributed by atoms with Crippen LogP contribution in [0.15, 0.2) is 30.3 Å². The van der Waals surface area contributed by atoms with Crippen molar-refractivity contribution in [3.05, 3.63) is 35.9 Å². The molecule has 0 spiro atoms. The van der Waals surface area contributed by atoms with Gasteiger partial charge in [0, 0.05) is 18.4 Å². The average molecular weight is 267 g/mol. The zero-order valence-corrected chi connectivity index (χ0v) is 11.6. The highest BCUT2D eigenvalue weighted by atomic mass is 32.2. The smallest absolute Gasteiger partial charge is 0.230 e. The third kappa shape index (κ3) is 6.67. The van der Waals surface area contributed by atoms with E-state index in [9.17, 15) is 4.79 Å². The zero-order valence-electron chi connectivity index (χ0n) is 10.8. The number of aliphatic hydroxyl groups excluding tert-OH is 1. The molecular formula is C14H21NO2S. The Hall–Kier alpha value is -1.00. The van der Waals surface area contributed by atoms with E-state index < -0.39 is 0 Å². The molecule has 0 aliphatic rings. The first-order valence-corrected chi connectivity index (χ1v) is 7.39. The summed E-state index contributed by atoms with van der Waals surface area (Å²) >= 11 is 1.62. The van der Waals surface area contributed by atoms with Crippen LogP contribution in [-0.4, -0.2) is 29.4 Å². The first kappa shape index (κ1) is 15.1. The van der Waals surface area contributed by atoms with Crippen molar-refractivity contribution < 1.29 is 9.90 Å². The maximum absolute atomic E-state index is 11.6. The van der Waals surface area contributed by atoms with Crippen LogP contribution < -0.4 is 5.32 Å². The molecule has 0 aliphatic carbocycles. The Labute approximate surface area is 113 Å². The van der Waals surface area contributed by atoms with Gasteiger partial charge in [-0.05, 0) is 25.3 Å². The molecule has 0 heterocycles. The molecule has 1 atom stereocenters. The maximum atomic E-state index is 11.6. The maximum Gasteiger partial charge on any atom is 0.230 e. The molecule has 3 nitrogen and oxygen atoms in total. The number of carbonyl (C=O) groups excluding carboxylic acids is 1. The summed E-state index contributed by atoms with van der Waals surface area (Å²) in [6.07, 6.45) is 1.56. The molecule has 1 aromatic carbocycles. The molecule has 4 heteroatoms. The molecule has 1 amide bonds. The summed E-state index contributed by atoms with van der Waals surface area (Å²) in [5.41, 5.74) is 1.24. The molecule has 2 N–H and O–H groups in total. The van der Waals surface area contributed by atoms with Crippen LogP contribution >= 0.6 is 11.8 Å². The SMILES string of the molecule is CC(CCCO)NC(=O)CSCc1ccccc1. The van der Waals surface area contributed by atoms with E-state index in [1.807, 2.05) is 25.1 Å². The lowest BCUT2D eigenvalue weighted by Gasteiger charge is -2.12. The number of hydrogen-bond donors (Lipinski definition) is 2. The number of rotatable bonds is 8. The van der Waals surface area contributed by atoms with Gasteiger partial charge >= 0.3 is 0 Å². The van der Waals surface area contributed by atoms with Gasteiger partial charge in [-0.3, -0.25) is 4.79 Å². The van der Waals surface area contributed by atoms with Crippen molar-refractivity contribution in [3.63, 3.8) is 0 Å². The van der Waals surface area contributed by atoms with Crippen molar-refractivity contribution in [2.24, 2.45) is 0 Å². The number of aliphatic hydroxyl groups is 1. The summed E-state index contributed by atoms with van der Waals surface area (Å²) in [6.45, 7) is 2.15. The Morgan fingerprint density at radius 1 is 1.39 bits per heavy atom. The molecule has 0 aliphatic heterocycles. The van der Waals surface area contributed by atoms with Gasteiger partial charge in [-0.25, -0.2) is 0 Å². The Bertz CT molecular complexity index is 343. The lowest BCUT2D eigenvalue weighted by Crippen LogP contribution is -2.33. The molecule has 0 bridgehead atoms. The summed E-state index contributed by atoms with van der Waals surface area (Å²) in [7, 11) is 0. The molecular weight excluding hydrogens is 246 g/mol. The second-order valence-corrected chi connectivity index (χ2v) is 5.30. The summed E-state index contributed by atoms with van der Waals surface area (Å²) < 4.78 is 0. The number of hydrogen-bond acceptors (Lipinski definition) is 3. The molecule has 100 valence electrons. The quantitative estimate of drug-likeness (QED) is 0.759. The van der Waals surface area contributed by atoms with Gasteiger partial charge < -0.3 is 10.4 Å². The first-order valence-electron chi connectivity index (χ1n) is 6.24. The molecule has 0 aromatic heterocycles. The number of thioether (sulfide) groups is 1. The number of benzene rings is 1. The van der Waals surface area contributed by atoms with E-state index in [0.717, 1.165) is 18.6 Å². The molecule has 1 unspecified atom stereocenters. The van der Waals surface area contributed by atoms with Crippen LogP contribution in [0.1, 0.15) is 25.3 Å². The van der Waals surface area contributed by atoms with Crippen molar-refractivity contribution in [2.75, 3.05) is 12.4 Å². The summed E-state index contributed by atoms with van der Waals surface area (Å²) in [4.78, 5) is 11.6. The Morgan fingerprint density at radius 3 is 2.78 bits per heavy atom. The largest absolute Gasteiger partial charge is 0.396 e. The molecule has 18 heavy (non-hydrogen) atoms. The molecule has 0 saturated carbocycles. The van der Waals surface area contributed by atoms with E-state index in [1.165, 1.54) is 5.56 Å². The van der Waals surface area contributed by atoms with E-state index in [1.54, 1.807) is 11.8 Å². The van der Waals surface area contributed by atoms with E-state index in [2.05, 4.69) is 17.4 Å². The highest BCUT2D eigenvalue weighted by molar-refractivity contribution is 7.99. The van der Waals surface area contributed by atoms with Gasteiger partial charge in [0.15, 0.2) is 0 Å². The number of amides is 1. The van der Waals surface area contributed by atoms with Crippen LogP contribution in [0.25, 0.3) is 0 Å². The second-order valence-electron chi connectivity index (χ2n) is 4.31. The molecule has 0 fully saturated rings. The Kier molecular flexibility index (Phi) is 7.53. The van der Waals surface area contributed by atoms with Gasteiger partial charge in [0.1, 0.15) is 0 Å². The standard InChI is InChI=1S/C14H21NO2S/c1-12(6-5-9-16)15-14(17)11-18-10-13-7-3-2-4-8-13/h2-4,7-8,12,16H,5-6,9-11H2,1H3,(H,15,17). The topological polar surface area (TPSA) is 49.3 Å². The zero-order chi connectivity index (χ0) is 13.2. The summed E-state index contributed by atoms with van der Waals surface area (Å²) in [6, 6.07) is 10.3. The van der Waals surface area contributed by atoms with Crippen molar-refractivity contribution in [3.8, 4) is 0 Å². The van der Waals surface area contributed by atoms with Crippen LogP contribution in [0.3, 0.4) is 0 Å². The predicted molar refractivity (Wildman–Crippen MR) is 76.5 cm³/mol. The van der Waals surface area contributed by atoms with Crippen LogP contribution in [0.5, 0.6) is 0 Å². The fourth-order valence-corrected chi connectivity index (χ4v) is 2.42. The van der Waals surface area contributed by atoms with Gasteiger partial charge in [0.05, 0.1) is 5.75 Å². The van der Waals surface area contributed by atoms with Crippen LogP contribution in [-0.2, 0) is 10.5 Å². The van der Waals surface area contributed by atoms with Crippen LogP contribution in [0.2, 0.25) is 0 Å². The molecule has 1 rings (SSSR count). The van der Waals surface area contributed by atoms with Crippen molar-refractivity contribution in [2.45, 2.75) is 31.6 Å². The highest BCUT2D eigenvalue weighted by Gasteiger charge is 2.06. The number of carbonyl (C=O) groups is 1. The lowest BCUT2D eigenvalue weighted by molar-refractivity contribution is -0.119. The van der Waals surface area contributed by atoms with E-state index in [-0.39, 0.29) is 18.6 Å². The van der Waals surface area contributed by atoms with E-state index >= 15 is 0 Å². The third-order valence-electron chi connectivity index (χ3n) is 2.55. The van der Waals surface area contributed by atoms with E-state index in [0.29, 0.717) is 5.75 Å². The van der Waals surface area contributed by atoms with Gasteiger partial charge in [0.2, 0.25) is 5.91 Å². The Balaban J connectivity index is 2.13. The number of nitrogens with one attached hydrogen (secondary N) is 1. The van der Waals surface area contributed by atoms with E-state index in [4.69, 9.17) is 5.11 Å². The summed E-state index contributed by atoms with van der Waals surface area (Å²) in [5, 5.41) is 11.6. The minimum atomic E-state index is 0.0707. The monoisotopic (exact) mass is 267 g/mol. The van der Waals surface area contributed by atoms with Gasteiger partial charge in [0.25, 0.3) is 0 Å². The minimum Gasteiger partial charge on any atom is -0.396 e. The second kappa shape index (κ2) is 9.00. The lowest BCUT2D eigenvalue weighted by atomic mass is 10.2. The fourth-order valence-electron chi connectivity index (χ4n) is 1.62. The molecule has 1 aromatic rings. The minimum absolute atomic E-state index is 0.0707. The average Bonchev–Trinajstić information content (AvgIpc) is 2.37. The van der Waals surface area contributed by atoms with Crippen molar-refractivity contribution in [1.82, 2.24) is 5.32 Å². The predicted octanol–water partition coefficient (Wildman–Crippen LogP) is 2.20. The highest BCUT2D eigenvalue weighted by Crippen LogP contribution is 2.11. The molecule has 0 radical (unpaired) electrons. The van der Waals surface area contributed by atoms with Crippen LogP contribution in [0.4, 0.5) is 0 Å². The van der Waals surface area contributed by atoms with Gasteiger partial charge in [-0.15, -0.1) is 11.8 Å². The first-order chi connectivity index (χ1) is 8.72. The third-order valence-corrected chi connectivity index (χ3v) is 3.55. The summed E-state index contributed by atoms with van der Waals surface area (Å²) in [5.74, 6) is 1.42. The normalized spacial score (nSPS) is 12.1.